The number of rotatable bonds is 4. The average Bonchev–Trinajstić information content (AvgIpc) is 2.45. The fraction of sp³-hybridized carbons (Fsp3) is 0.533. The van der Waals surface area contributed by atoms with E-state index in [-0.39, 0.29) is 16.6 Å². The van der Waals surface area contributed by atoms with E-state index in [1.807, 2.05) is 0 Å². The van der Waals surface area contributed by atoms with Gasteiger partial charge in [0.2, 0.25) is 0 Å². The standard InChI is InChI=1S/C15H21ClFN3O/c1-11(20-7-5-19(2)6-8-20)10-18-15(21)13-4-3-12(16)9-14(13)17/h3-4,9,11H,5-8,10H2,1-2H3,(H,18,21)/t11-/m0/s1. The molecular formula is C15H21ClFN3O. The summed E-state index contributed by atoms with van der Waals surface area (Å²) in [6.45, 7) is 6.62. The third-order valence-corrected chi connectivity index (χ3v) is 4.13. The Morgan fingerprint density at radius 3 is 2.67 bits per heavy atom. The molecule has 0 spiro atoms. The van der Waals surface area contributed by atoms with Gasteiger partial charge in [0, 0.05) is 43.8 Å². The number of halogens is 2. The van der Waals surface area contributed by atoms with Gasteiger partial charge in [-0.25, -0.2) is 4.39 Å². The highest BCUT2D eigenvalue weighted by molar-refractivity contribution is 6.30. The van der Waals surface area contributed by atoms with Crippen LogP contribution in [0.3, 0.4) is 0 Å². The summed E-state index contributed by atoms with van der Waals surface area (Å²) in [5, 5.41) is 3.08. The molecule has 0 saturated carbocycles. The molecule has 0 unspecified atom stereocenters. The van der Waals surface area contributed by atoms with Crippen LogP contribution in [0.5, 0.6) is 0 Å². The van der Waals surface area contributed by atoms with E-state index in [0.717, 1.165) is 32.2 Å². The first-order valence-corrected chi connectivity index (χ1v) is 7.51. The first-order chi connectivity index (χ1) is 9.97. The SMILES string of the molecule is C[C@@H](CNC(=O)c1ccc(Cl)cc1F)N1CCN(C)CC1. The molecule has 1 saturated heterocycles. The van der Waals surface area contributed by atoms with Crippen LogP contribution in [-0.2, 0) is 0 Å². The monoisotopic (exact) mass is 313 g/mol. The molecule has 1 heterocycles. The van der Waals surface area contributed by atoms with E-state index in [0.29, 0.717) is 6.54 Å². The van der Waals surface area contributed by atoms with Crippen molar-refractivity contribution < 1.29 is 9.18 Å². The van der Waals surface area contributed by atoms with Crippen molar-refractivity contribution in [3.05, 3.63) is 34.6 Å². The van der Waals surface area contributed by atoms with E-state index >= 15 is 0 Å². The molecule has 4 nitrogen and oxygen atoms in total. The number of likely N-dealkylation sites (N-methyl/N-ethyl adjacent to an activating group) is 1. The van der Waals surface area contributed by atoms with Gasteiger partial charge in [0.25, 0.3) is 5.91 Å². The van der Waals surface area contributed by atoms with Gasteiger partial charge in [-0.05, 0) is 32.2 Å². The van der Waals surface area contributed by atoms with Gasteiger partial charge in [-0.2, -0.15) is 0 Å². The van der Waals surface area contributed by atoms with Gasteiger partial charge < -0.3 is 10.2 Å². The molecule has 1 fully saturated rings. The highest BCUT2D eigenvalue weighted by Crippen LogP contribution is 2.14. The number of hydrogen-bond donors (Lipinski definition) is 1. The summed E-state index contributed by atoms with van der Waals surface area (Å²) in [5.74, 6) is -0.989. The van der Waals surface area contributed by atoms with Crippen LogP contribution in [0.15, 0.2) is 18.2 Å². The number of nitrogens with zero attached hydrogens (tertiary/aromatic N) is 2. The Hall–Kier alpha value is -1.17. The highest BCUT2D eigenvalue weighted by Gasteiger charge is 2.20. The molecule has 0 radical (unpaired) electrons. The van der Waals surface area contributed by atoms with Crippen LogP contribution in [0, 0.1) is 5.82 Å². The van der Waals surface area contributed by atoms with Gasteiger partial charge in [0.15, 0.2) is 0 Å². The average molecular weight is 314 g/mol. The lowest BCUT2D eigenvalue weighted by atomic mass is 10.2. The Bertz CT molecular complexity index is 504. The molecule has 0 aromatic heterocycles. The summed E-state index contributed by atoms with van der Waals surface area (Å²) in [6.07, 6.45) is 0. The molecule has 1 amide bonds. The molecule has 0 aliphatic carbocycles. The maximum atomic E-state index is 13.7. The summed E-state index contributed by atoms with van der Waals surface area (Å²) in [6, 6.07) is 4.31. The van der Waals surface area contributed by atoms with Gasteiger partial charge in [-0.1, -0.05) is 11.6 Å². The van der Waals surface area contributed by atoms with E-state index < -0.39 is 11.7 Å². The molecule has 1 atom stereocenters. The smallest absolute Gasteiger partial charge is 0.254 e. The van der Waals surface area contributed by atoms with Crippen molar-refractivity contribution in [2.45, 2.75) is 13.0 Å². The lowest BCUT2D eigenvalue weighted by Gasteiger charge is -2.36. The molecule has 116 valence electrons. The van der Waals surface area contributed by atoms with Crippen LogP contribution in [0.4, 0.5) is 4.39 Å². The normalized spacial score (nSPS) is 18.5. The Kier molecular flexibility index (Phi) is 5.56. The predicted molar refractivity (Wildman–Crippen MR) is 82.3 cm³/mol. The number of carbonyl (C=O) groups excluding carboxylic acids is 1. The van der Waals surface area contributed by atoms with Crippen LogP contribution in [-0.4, -0.2) is 61.5 Å². The molecule has 0 bridgehead atoms. The van der Waals surface area contributed by atoms with Crippen molar-refractivity contribution in [2.75, 3.05) is 39.8 Å². The summed E-state index contributed by atoms with van der Waals surface area (Å²) in [4.78, 5) is 16.6. The molecule has 1 aromatic rings. The molecule has 2 rings (SSSR count). The predicted octanol–water partition coefficient (Wildman–Crippen LogP) is 1.84. The minimum absolute atomic E-state index is 0.0324. The van der Waals surface area contributed by atoms with Crippen LogP contribution >= 0.6 is 11.6 Å². The second-order valence-corrected chi connectivity index (χ2v) is 5.96. The van der Waals surface area contributed by atoms with E-state index in [4.69, 9.17) is 11.6 Å². The number of hydrogen-bond acceptors (Lipinski definition) is 3. The minimum Gasteiger partial charge on any atom is -0.350 e. The Morgan fingerprint density at radius 2 is 2.05 bits per heavy atom. The third kappa shape index (κ3) is 4.40. The second-order valence-electron chi connectivity index (χ2n) is 5.52. The molecule has 1 aliphatic rings. The van der Waals surface area contributed by atoms with Gasteiger partial charge >= 0.3 is 0 Å². The van der Waals surface area contributed by atoms with E-state index in [1.54, 1.807) is 0 Å². The van der Waals surface area contributed by atoms with Crippen LogP contribution in [0.1, 0.15) is 17.3 Å². The summed E-state index contributed by atoms with van der Waals surface area (Å²) >= 11 is 5.68. The van der Waals surface area contributed by atoms with Crippen LogP contribution in [0.2, 0.25) is 5.02 Å². The first-order valence-electron chi connectivity index (χ1n) is 7.13. The Morgan fingerprint density at radius 1 is 1.38 bits per heavy atom. The quantitative estimate of drug-likeness (QED) is 0.921. The molecular weight excluding hydrogens is 293 g/mol. The summed E-state index contributed by atoms with van der Waals surface area (Å²) in [5.41, 5.74) is 0.0324. The second kappa shape index (κ2) is 7.20. The van der Waals surface area contributed by atoms with Crippen molar-refractivity contribution >= 4 is 17.5 Å². The summed E-state index contributed by atoms with van der Waals surface area (Å²) in [7, 11) is 2.10. The van der Waals surface area contributed by atoms with Gasteiger partial charge in [0.1, 0.15) is 5.82 Å². The maximum absolute atomic E-state index is 13.7. The summed E-state index contributed by atoms with van der Waals surface area (Å²) < 4.78 is 13.7. The minimum atomic E-state index is -0.591. The molecule has 21 heavy (non-hydrogen) atoms. The van der Waals surface area contributed by atoms with Crippen LogP contribution < -0.4 is 5.32 Å². The van der Waals surface area contributed by atoms with Gasteiger partial charge in [0.05, 0.1) is 5.56 Å². The Labute approximate surface area is 129 Å². The van der Waals surface area contributed by atoms with E-state index in [9.17, 15) is 9.18 Å². The van der Waals surface area contributed by atoms with Crippen molar-refractivity contribution in [3.8, 4) is 0 Å². The number of nitrogens with one attached hydrogen (secondary N) is 1. The topological polar surface area (TPSA) is 35.6 Å². The van der Waals surface area contributed by atoms with Crippen molar-refractivity contribution in [2.24, 2.45) is 0 Å². The fourth-order valence-corrected chi connectivity index (χ4v) is 2.56. The van der Waals surface area contributed by atoms with Crippen molar-refractivity contribution in [1.29, 1.82) is 0 Å². The number of amides is 1. The molecule has 1 aromatic carbocycles. The lowest BCUT2D eigenvalue weighted by molar-refractivity contribution is 0.0900. The number of piperazine rings is 1. The zero-order valence-electron chi connectivity index (χ0n) is 12.4. The van der Waals surface area contributed by atoms with E-state index in [2.05, 4.69) is 29.1 Å². The lowest BCUT2D eigenvalue weighted by Crippen LogP contribution is -2.51. The van der Waals surface area contributed by atoms with Crippen molar-refractivity contribution in [1.82, 2.24) is 15.1 Å². The zero-order chi connectivity index (χ0) is 15.4. The fourth-order valence-electron chi connectivity index (χ4n) is 2.40. The van der Waals surface area contributed by atoms with Crippen LogP contribution in [0.25, 0.3) is 0 Å². The van der Waals surface area contributed by atoms with Crippen molar-refractivity contribution in [3.63, 3.8) is 0 Å². The number of carbonyl (C=O) groups is 1. The molecule has 1 aliphatic heterocycles. The van der Waals surface area contributed by atoms with E-state index in [1.165, 1.54) is 12.1 Å². The molecule has 1 N–H and O–H groups in total. The molecule has 6 heteroatoms. The highest BCUT2D eigenvalue weighted by atomic mass is 35.5. The first kappa shape index (κ1) is 16.2. The van der Waals surface area contributed by atoms with Gasteiger partial charge in [-0.3, -0.25) is 9.69 Å². The maximum Gasteiger partial charge on any atom is 0.254 e. The zero-order valence-corrected chi connectivity index (χ0v) is 13.2. The van der Waals surface area contributed by atoms with Gasteiger partial charge in [-0.15, -0.1) is 0 Å². The number of benzene rings is 1. The third-order valence-electron chi connectivity index (χ3n) is 3.90. The Balaban J connectivity index is 1.86. The largest absolute Gasteiger partial charge is 0.350 e.